The number of nitrogens with zero attached hydrogens (tertiary/aromatic N) is 3. The first-order valence-electron chi connectivity index (χ1n) is 10.8. The number of hydrogen-bond acceptors (Lipinski definition) is 5. The van der Waals surface area contributed by atoms with Crippen molar-refractivity contribution in [2.75, 3.05) is 45.2 Å². The number of halogens is 1. The first kappa shape index (κ1) is 23.5. The predicted molar refractivity (Wildman–Crippen MR) is 124 cm³/mol. The van der Waals surface area contributed by atoms with Gasteiger partial charge in [-0.2, -0.15) is 0 Å². The van der Waals surface area contributed by atoms with Crippen LogP contribution in [0.25, 0.3) is 5.76 Å². The van der Waals surface area contributed by atoms with Crippen molar-refractivity contribution in [3.05, 3.63) is 71.0 Å². The number of carbonyl (C=O) groups is 2. The molecule has 1 aliphatic rings. The van der Waals surface area contributed by atoms with Crippen molar-refractivity contribution in [1.29, 1.82) is 0 Å². The molecule has 2 aromatic rings. The van der Waals surface area contributed by atoms with Crippen molar-refractivity contribution in [2.24, 2.45) is 0 Å². The third kappa shape index (κ3) is 4.67. The Labute approximate surface area is 188 Å². The molecule has 1 heterocycles. The van der Waals surface area contributed by atoms with Crippen molar-refractivity contribution in [3.63, 3.8) is 0 Å². The van der Waals surface area contributed by atoms with Crippen LogP contribution in [0.4, 0.5) is 10.1 Å². The van der Waals surface area contributed by atoms with Gasteiger partial charge >= 0.3 is 0 Å². The zero-order valence-corrected chi connectivity index (χ0v) is 19.0. The molecule has 1 saturated heterocycles. The number of amides is 1. The smallest absolute Gasteiger partial charge is 0.295 e. The largest absolute Gasteiger partial charge is 0.507 e. The van der Waals surface area contributed by atoms with E-state index in [9.17, 15) is 19.1 Å². The molecule has 3 rings (SSSR count). The molecule has 6 nitrogen and oxygen atoms in total. The van der Waals surface area contributed by atoms with Crippen LogP contribution in [0.2, 0.25) is 0 Å². The first-order valence-corrected chi connectivity index (χ1v) is 10.8. The van der Waals surface area contributed by atoms with Crippen molar-refractivity contribution in [3.8, 4) is 0 Å². The number of hydrogen-bond donors (Lipinski definition) is 1. The van der Waals surface area contributed by atoms with Crippen LogP contribution in [0.3, 0.4) is 0 Å². The van der Waals surface area contributed by atoms with Crippen LogP contribution in [0.1, 0.15) is 31.0 Å². The summed E-state index contributed by atoms with van der Waals surface area (Å²) in [5.74, 6) is -2.12. The van der Waals surface area contributed by atoms with Gasteiger partial charge in [0.25, 0.3) is 11.7 Å². The monoisotopic (exact) mass is 439 g/mol. The highest BCUT2D eigenvalue weighted by Crippen LogP contribution is 2.39. The Morgan fingerprint density at radius 2 is 1.59 bits per heavy atom. The van der Waals surface area contributed by atoms with Gasteiger partial charge in [0.05, 0.1) is 11.6 Å². The first-order chi connectivity index (χ1) is 15.3. The Morgan fingerprint density at radius 3 is 2.12 bits per heavy atom. The number of aliphatic hydroxyl groups excluding tert-OH is 1. The van der Waals surface area contributed by atoms with Gasteiger partial charge in [-0.1, -0.05) is 12.1 Å². The fourth-order valence-electron chi connectivity index (χ4n) is 3.98. The maximum Gasteiger partial charge on any atom is 0.295 e. The minimum atomic E-state index is -0.733. The van der Waals surface area contributed by atoms with E-state index in [1.807, 2.05) is 43.3 Å². The topological polar surface area (TPSA) is 64.1 Å². The van der Waals surface area contributed by atoms with Gasteiger partial charge in [-0.25, -0.2) is 4.39 Å². The molecule has 32 heavy (non-hydrogen) atoms. The number of likely N-dealkylation sites (N-methyl/N-ethyl adjacent to an activating group) is 1. The van der Waals surface area contributed by atoms with E-state index in [1.165, 1.54) is 29.2 Å². The normalized spacial score (nSPS) is 17.9. The average molecular weight is 440 g/mol. The number of anilines is 1. The van der Waals surface area contributed by atoms with Crippen molar-refractivity contribution in [1.82, 2.24) is 9.80 Å². The summed E-state index contributed by atoms with van der Waals surface area (Å²) in [5, 5.41) is 11.0. The average Bonchev–Trinajstić information content (AvgIpc) is 3.03. The quantitative estimate of drug-likeness (QED) is 0.386. The maximum absolute atomic E-state index is 13.4. The van der Waals surface area contributed by atoms with Crippen LogP contribution in [-0.4, -0.2) is 66.9 Å². The Bertz CT molecular complexity index is 996. The van der Waals surface area contributed by atoms with Gasteiger partial charge in [0, 0.05) is 37.4 Å². The van der Waals surface area contributed by atoms with Crippen LogP contribution in [0.15, 0.2) is 54.1 Å². The van der Waals surface area contributed by atoms with Crippen LogP contribution in [-0.2, 0) is 9.59 Å². The molecule has 0 aliphatic carbocycles. The van der Waals surface area contributed by atoms with Crippen LogP contribution >= 0.6 is 0 Å². The van der Waals surface area contributed by atoms with E-state index in [0.717, 1.165) is 24.3 Å². The molecular weight excluding hydrogens is 409 g/mol. The highest BCUT2D eigenvalue weighted by atomic mass is 19.1. The van der Waals surface area contributed by atoms with E-state index in [0.29, 0.717) is 18.7 Å². The SMILES string of the molecule is CCN(CC)c1ccc(C2/C(=C(\O)c3ccc(F)cc3)C(=O)C(=O)N2CCN(C)C)cc1. The zero-order valence-electron chi connectivity index (χ0n) is 19.0. The summed E-state index contributed by atoms with van der Waals surface area (Å²) >= 11 is 0. The summed E-state index contributed by atoms with van der Waals surface area (Å²) < 4.78 is 13.4. The summed E-state index contributed by atoms with van der Waals surface area (Å²) in [4.78, 5) is 31.5. The number of likely N-dealkylation sites (tertiary alicyclic amines) is 1. The van der Waals surface area contributed by atoms with Gasteiger partial charge in [-0.15, -0.1) is 0 Å². The lowest BCUT2D eigenvalue weighted by atomic mass is 9.95. The molecule has 1 unspecified atom stereocenters. The molecule has 1 fully saturated rings. The van der Waals surface area contributed by atoms with Crippen LogP contribution in [0.5, 0.6) is 0 Å². The molecule has 0 aromatic heterocycles. The summed E-state index contributed by atoms with van der Waals surface area (Å²) in [6.07, 6.45) is 0. The standard InChI is InChI=1S/C25H30FN3O3/c1-5-28(6-2)20-13-9-17(10-14-20)22-21(23(30)18-7-11-19(26)12-8-18)24(31)25(32)29(22)16-15-27(3)4/h7-14,22,30H,5-6,15-16H2,1-4H3/b23-21+. The number of ketones is 1. The van der Waals surface area contributed by atoms with E-state index in [-0.39, 0.29) is 11.3 Å². The lowest BCUT2D eigenvalue weighted by Crippen LogP contribution is -2.35. The van der Waals surface area contributed by atoms with Gasteiger partial charge in [0.2, 0.25) is 0 Å². The second kappa shape index (κ2) is 9.96. The summed E-state index contributed by atoms with van der Waals surface area (Å²) in [5.41, 5.74) is 2.10. The minimum Gasteiger partial charge on any atom is -0.507 e. The van der Waals surface area contributed by atoms with E-state index in [4.69, 9.17) is 0 Å². The highest BCUT2D eigenvalue weighted by molar-refractivity contribution is 6.46. The summed E-state index contributed by atoms with van der Waals surface area (Å²) in [6, 6.07) is 12.2. The number of aliphatic hydroxyl groups is 1. The van der Waals surface area contributed by atoms with E-state index in [1.54, 1.807) is 0 Å². The molecule has 1 amide bonds. The molecule has 1 atom stereocenters. The number of carbonyl (C=O) groups excluding carboxylic acids is 2. The fraction of sp³-hybridized carbons (Fsp3) is 0.360. The fourth-order valence-corrected chi connectivity index (χ4v) is 3.98. The molecule has 0 saturated carbocycles. The second-order valence-corrected chi connectivity index (χ2v) is 8.07. The van der Waals surface area contributed by atoms with Gasteiger partial charge in [0.1, 0.15) is 11.6 Å². The zero-order chi connectivity index (χ0) is 23.4. The van der Waals surface area contributed by atoms with E-state index in [2.05, 4.69) is 18.7 Å². The third-order valence-corrected chi connectivity index (χ3v) is 5.78. The van der Waals surface area contributed by atoms with Crippen LogP contribution in [0, 0.1) is 5.82 Å². The summed E-state index contributed by atoms with van der Waals surface area (Å²) in [7, 11) is 3.78. The van der Waals surface area contributed by atoms with Gasteiger partial charge in [-0.05, 0) is 69.9 Å². The Morgan fingerprint density at radius 1 is 1.00 bits per heavy atom. The molecular formula is C25H30FN3O3. The molecule has 7 heteroatoms. The molecule has 0 radical (unpaired) electrons. The summed E-state index contributed by atoms with van der Waals surface area (Å²) in [6.45, 7) is 6.79. The highest BCUT2D eigenvalue weighted by Gasteiger charge is 2.45. The minimum absolute atomic E-state index is 0.0240. The third-order valence-electron chi connectivity index (χ3n) is 5.78. The van der Waals surface area contributed by atoms with E-state index >= 15 is 0 Å². The van der Waals surface area contributed by atoms with Crippen molar-refractivity contribution in [2.45, 2.75) is 19.9 Å². The maximum atomic E-state index is 13.4. The molecule has 0 bridgehead atoms. The van der Waals surface area contributed by atoms with Crippen molar-refractivity contribution >= 4 is 23.1 Å². The molecule has 0 spiro atoms. The van der Waals surface area contributed by atoms with Gasteiger partial charge in [-0.3, -0.25) is 9.59 Å². The number of benzene rings is 2. The van der Waals surface area contributed by atoms with Crippen molar-refractivity contribution < 1.29 is 19.1 Å². The number of Topliss-reactive ketones (excluding diaryl/α,β-unsaturated/α-hetero) is 1. The second-order valence-electron chi connectivity index (χ2n) is 8.07. The Hall–Kier alpha value is -3.19. The molecule has 170 valence electrons. The molecule has 2 aromatic carbocycles. The lowest BCUT2D eigenvalue weighted by molar-refractivity contribution is -0.140. The molecule has 1 aliphatic heterocycles. The number of rotatable bonds is 8. The predicted octanol–water partition coefficient (Wildman–Crippen LogP) is 3.66. The van der Waals surface area contributed by atoms with E-state index < -0.39 is 23.5 Å². The molecule has 1 N–H and O–H groups in total. The van der Waals surface area contributed by atoms with Gasteiger partial charge in [0.15, 0.2) is 0 Å². The lowest BCUT2D eigenvalue weighted by Gasteiger charge is -2.27. The van der Waals surface area contributed by atoms with Gasteiger partial charge < -0.3 is 19.8 Å². The Kier molecular flexibility index (Phi) is 7.30. The van der Waals surface area contributed by atoms with Crippen LogP contribution < -0.4 is 4.90 Å². The Balaban J connectivity index is 2.10.